The van der Waals surface area contributed by atoms with Crippen molar-refractivity contribution in [3.63, 3.8) is 0 Å². The summed E-state index contributed by atoms with van der Waals surface area (Å²) in [6, 6.07) is 2.39. The molecule has 1 aliphatic heterocycles. The summed E-state index contributed by atoms with van der Waals surface area (Å²) in [5.41, 5.74) is -0.792. The number of carbonyl (C=O) groups excluding carboxylic acids is 1. The SMILES string of the molecule is CNC1CCN(C(=O)c2ccc(C(F)(F)F)nc2)CC1C. The van der Waals surface area contributed by atoms with Gasteiger partial charge in [0.1, 0.15) is 5.69 Å². The van der Waals surface area contributed by atoms with Crippen molar-refractivity contribution in [1.82, 2.24) is 15.2 Å². The van der Waals surface area contributed by atoms with E-state index in [4.69, 9.17) is 0 Å². The van der Waals surface area contributed by atoms with Gasteiger partial charge in [0.05, 0.1) is 5.56 Å². The molecule has 0 aliphatic carbocycles. The van der Waals surface area contributed by atoms with Crippen LogP contribution in [0.1, 0.15) is 29.4 Å². The number of hydrogen-bond acceptors (Lipinski definition) is 3. The number of piperidine rings is 1. The number of carbonyl (C=O) groups is 1. The van der Waals surface area contributed by atoms with Crippen LogP contribution in [0, 0.1) is 5.92 Å². The minimum atomic E-state index is -4.48. The van der Waals surface area contributed by atoms with Gasteiger partial charge in [0.15, 0.2) is 0 Å². The summed E-state index contributed by atoms with van der Waals surface area (Å²) in [6.07, 6.45) is -2.65. The highest BCUT2D eigenvalue weighted by Gasteiger charge is 2.33. The van der Waals surface area contributed by atoms with Crippen LogP contribution >= 0.6 is 0 Å². The second-order valence-electron chi connectivity index (χ2n) is 5.34. The number of aromatic nitrogens is 1. The Morgan fingerprint density at radius 2 is 2.14 bits per heavy atom. The van der Waals surface area contributed by atoms with E-state index in [2.05, 4.69) is 10.3 Å². The van der Waals surface area contributed by atoms with E-state index in [1.54, 1.807) is 4.90 Å². The van der Waals surface area contributed by atoms with Crippen LogP contribution < -0.4 is 5.32 Å². The molecule has 1 aromatic heterocycles. The average molecular weight is 301 g/mol. The van der Waals surface area contributed by atoms with Crippen molar-refractivity contribution >= 4 is 5.91 Å². The molecule has 1 saturated heterocycles. The zero-order valence-electron chi connectivity index (χ0n) is 11.9. The van der Waals surface area contributed by atoms with Crippen LogP contribution in [0.2, 0.25) is 0 Å². The number of hydrogen-bond donors (Lipinski definition) is 1. The molecular formula is C14H18F3N3O. The number of rotatable bonds is 2. The zero-order chi connectivity index (χ0) is 15.6. The Labute approximate surface area is 121 Å². The Hall–Kier alpha value is -1.63. The average Bonchev–Trinajstić information content (AvgIpc) is 2.45. The summed E-state index contributed by atoms with van der Waals surface area (Å²) in [4.78, 5) is 17.3. The molecule has 1 aliphatic rings. The fraction of sp³-hybridized carbons (Fsp3) is 0.571. The molecule has 0 spiro atoms. The Morgan fingerprint density at radius 3 is 2.62 bits per heavy atom. The van der Waals surface area contributed by atoms with E-state index in [-0.39, 0.29) is 11.5 Å². The maximum Gasteiger partial charge on any atom is 0.433 e. The molecule has 2 atom stereocenters. The van der Waals surface area contributed by atoms with Gasteiger partial charge in [-0.3, -0.25) is 9.78 Å². The second-order valence-corrected chi connectivity index (χ2v) is 5.34. The lowest BCUT2D eigenvalue weighted by Gasteiger charge is -2.36. The quantitative estimate of drug-likeness (QED) is 0.910. The standard InChI is InChI=1S/C14H18F3N3O/c1-9-8-20(6-5-11(9)18-2)13(21)10-3-4-12(19-7-10)14(15,16)17/h3-4,7,9,11,18H,5-6,8H2,1-2H3. The van der Waals surface area contributed by atoms with Crippen molar-refractivity contribution < 1.29 is 18.0 Å². The van der Waals surface area contributed by atoms with Gasteiger partial charge in [-0.2, -0.15) is 13.2 Å². The van der Waals surface area contributed by atoms with Gasteiger partial charge in [-0.25, -0.2) is 0 Å². The number of halogens is 3. The lowest BCUT2D eigenvalue weighted by atomic mass is 9.93. The van der Waals surface area contributed by atoms with Crippen molar-refractivity contribution in [1.29, 1.82) is 0 Å². The third kappa shape index (κ3) is 3.53. The molecule has 21 heavy (non-hydrogen) atoms. The molecule has 1 aromatic rings. The normalized spacial score (nSPS) is 23.2. The maximum absolute atomic E-state index is 12.4. The Morgan fingerprint density at radius 1 is 1.43 bits per heavy atom. The summed E-state index contributed by atoms with van der Waals surface area (Å²) in [6.45, 7) is 3.23. The molecule has 0 saturated carbocycles. The van der Waals surface area contributed by atoms with Crippen LogP contribution in [0.15, 0.2) is 18.3 Å². The van der Waals surface area contributed by atoms with Crippen LogP contribution in [0.5, 0.6) is 0 Å². The highest BCUT2D eigenvalue weighted by molar-refractivity contribution is 5.94. The predicted molar refractivity (Wildman–Crippen MR) is 71.8 cm³/mol. The third-order valence-electron chi connectivity index (χ3n) is 3.86. The lowest BCUT2D eigenvalue weighted by Crippen LogP contribution is -2.49. The monoisotopic (exact) mass is 301 g/mol. The molecule has 1 N–H and O–H groups in total. The number of nitrogens with zero attached hydrogens (tertiary/aromatic N) is 2. The largest absolute Gasteiger partial charge is 0.433 e. The molecular weight excluding hydrogens is 283 g/mol. The smallest absolute Gasteiger partial charge is 0.338 e. The van der Waals surface area contributed by atoms with E-state index in [9.17, 15) is 18.0 Å². The topological polar surface area (TPSA) is 45.2 Å². The van der Waals surface area contributed by atoms with Crippen molar-refractivity contribution in [2.75, 3.05) is 20.1 Å². The molecule has 0 aromatic carbocycles. The molecule has 7 heteroatoms. The maximum atomic E-state index is 12.4. The Bertz CT molecular complexity index is 501. The van der Waals surface area contributed by atoms with Gasteiger partial charge >= 0.3 is 6.18 Å². The number of amides is 1. The minimum Gasteiger partial charge on any atom is -0.338 e. The number of alkyl halides is 3. The first kappa shape index (κ1) is 15.8. The first-order valence-corrected chi connectivity index (χ1v) is 6.82. The van der Waals surface area contributed by atoms with E-state index >= 15 is 0 Å². The minimum absolute atomic E-state index is 0.193. The Balaban J connectivity index is 2.07. The number of likely N-dealkylation sites (tertiary alicyclic amines) is 1. The summed E-state index contributed by atoms with van der Waals surface area (Å²) in [7, 11) is 1.89. The first-order valence-electron chi connectivity index (χ1n) is 6.82. The lowest BCUT2D eigenvalue weighted by molar-refractivity contribution is -0.141. The molecule has 2 rings (SSSR count). The van der Waals surface area contributed by atoms with Crippen molar-refractivity contribution in [3.8, 4) is 0 Å². The van der Waals surface area contributed by atoms with Gasteiger partial charge in [0, 0.05) is 25.3 Å². The molecule has 1 amide bonds. The van der Waals surface area contributed by atoms with Crippen molar-refractivity contribution in [2.45, 2.75) is 25.6 Å². The zero-order valence-corrected chi connectivity index (χ0v) is 11.9. The predicted octanol–water partition coefficient (Wildman–Crippen LogP) is 2.17. The van der Waals surface area contributed by atoms with E-state index < -0.39 is 11.9 Å². The van der Waals surface area contributed by atoms with Gasteiger partial charge in [0.25, 0.3) is 5.91 Å². The molecule has 0 bridgehead atoms. The van der Waals surface area contributed by atoms with Crippen LogP contribution in [0.4, 0.5) is 13.2 Å². The Kier molecular flexibility index (Phi) is 4.51. The van der Waals surface area contributed by atoms with Gasteiger partial charge in [-0.15, -0.1) is 0 Å². The molecule has 4 nitrogen and oxygen atoms in total. The number of nitrogens with one attached hydrogen (secondary N) is 1. The summed E-state index contributed by atoms with van der Waals surface area (Å²) in [5, 5.41) is 3.20. The summed E-state index contributed by atoms with van der Waals surface area (Å²) < 4.78 is 37.3. The van der Waals surface area contributed by atoms with Crippen molar-refractivity contribution in [2.24, 2.45) is 5.92 Å². The second kappa shape index (κ2) is 6.01. The van der Waals surface area contributed by atoms with Crippen LogP contribution in [0.3, 0.4) is 0 Å². The molecule has 116 valence electrons. The summed E-state index contributed by atoms with van der Waals surface area (Å²) in [5.74, 6) is 0.0349. The van der Waals surface area contributed by atoms with Gasteiger partial charge in [-0.05, 0) is 31.5 Å². The van der Waals surface area contributed by atoms with Crippen molar-refractivity contribution in [3.05, 3.63) is 29.6 Å². The fourth-order valence-corrected chi connectivity index (χ4v) is 2.63. The third-order valence-corrected chi connectivity index (χ3v) is 3.86. The van der Waals surface area contributed by atoms with E-state index in [0.29, 0.717) is 25.0 Å². The fourth-order valence-electron chi connectivity index (χ4n) is 2.63. The van der Waals surface area contributed by atoms with Crippen LogP contribution in [-0.2, 0) is 6.18 Å². The van der Waals surface area contributed by atoms with Crippen LogP contribution in [0.25, 0.3) is 0 Å². The molecule has 2 heterocycles. The molecule has 0 radical (unpaired) electrons. The van der Waals surface area contributed by atoms with E-state index in [1.165, 1.54) is 6.07 Å². The highest BCUT2D eigenvalue weighted by Crippen LogP contribution is 2.27. The van der Waals surface area contributed by atoms with E-state index in [0.717, 1.165) is 18.7 Å². The van der Waals surface area contributed by atoms with E-state index in [1.807, 2.05) is 14.0 Å². The number of pyridine rings is 1. The first-order chi connectivity index (χ1) is 9.82. The summed E-state index contributed by atoms with van der Waals surface area (Å²) >= 11 is 0. The highest BCUT2D eigenvalue weighted by atomic mass is 19.4. The van der Waals surface area contributed by atoms with Gasteiger partial charge in [-0.1, -0.05) is 6.92 Å². The van der Waals surface area contributed by atoms with Crippen LogP contribution in [-0.4, -0.2) is 42.0 Å². The molecule has 1 fully saturated rings. The van der Waals surface area contributed by atoms with Gasteiger partial charge < -0.3 is 10.2 Å². The molecule has 2 unspecified atom stereocenters. The van der Waals surface area contributed by atoms with Gasteiger partial charge in [0.2, 0.25) is 0 Å².